The Morgan fingerprint density at radius 2 is 1.30 bits per heavy atom. The van der Waals surface area contributed by atoms with E-state index in [0.717, 1.165) is 25.9 Å². The van der Waals surface area contributed by atoms with Crippen LogP contribution in [0.3, 0.4) is 0 Å². The van der Waals surface area contributed by atoms with Gasteiger partial charge >= 0.3 is 5.97 Å². The topological polar surface area (TPSA) is 59.0 Å². The molecule has 0 radical (unpaired) electrons. The van der Waals surface area contributed by atoms with Crippen molar-refractivity contribution in [2.24, 2.45) is 0 Å². The first-order chi connectivity index (χ1) is 14.7. The highest BCUT2D eigenvalue weighted by Crippen LogP contribution is 2.14. The van der Waals surface area contributed by atoms with Crippen molar-refractivity contribution in [2.75, 3.05) is 39.5 Å². The lowest BCUT2D eigenvalue weighted by molar-refractivity contribution is -0.147. The predicted octanol–water partition coefficient (Wildman–Crippen LogP) is 5.48. The molecule has 0 bridgehead atoms. The molecule has 0 aromatic carbocycles. The molecule has 1 atom stereocenters. The largest absolute Gasteiger partial charge is 0.463 e. The van der Waals surface area contributed by atoms with Crippen molar-refractivity contribution < 1.29 is 19.4 Å². The number of esters is 1. The van der Waals surface area contributed by atoms with Gasteiger partial charge in [0, 0.05) is 26.1 Å². The first-order valence-corrected chi connectivity index (χ1v) is 12.9. The lowest BCUT2D eigenvalue weighted by Crippen LogP contribution is -2.42. The first kappa shape index (κ1) is 27.4. The number of β-amino-alcohol motifs (C(OH)–C–C–N with tert-alkyl or cyclic N) is 1. The molecule has 1 heterocycles. The average Bonchev–Trinajstić information content (AvgIpc) is 2.75. The van der Waals surface area contributed by atoms with E-state index < -0.39 is 6.10 Å². The third-order valence-corrected chi connectivity index (χ3v) is 5.99. The van der Waals surface area contributed by atoms with Crippen molar-refractivity contribution in [3.63, 3.8) is 0 Å². The molecule has 0 aromatic rings. The molecule has 1 aliphatic rings. The van der Waals surface area contributed by atoms with Gasteiger partial charge in [0.2, 0.25) is 0 Å². The summed E-state index contributed by atoms with van der Waals surface area (Å²) >= 11 is 0. The lowest BCUT2D eigenvalue weighted by Gasteiger charge is -2.28. The number of unbranched alkanes of at least 4 members (excludes halogenated alkanes) is 14. The van der Waals surface area contributed by atoms with Gasteiger partial charge < -0.3 is 14.6 Å². The van der Waals surface area contributed by atoms with Gasteiger partial charge in [-0.3, -0.25) is 9.69 Å². The minimum absolute atomic E-state index is 0.106. The van der Waals surface area contributed by atoms with Crippen molar-refractivity contribution in [1.82, 2.24) is 4.90 Å². The highest BCUT2D eigenvalue weighted by molar-refractivity contribution is 5.69. The third-order valence-electron chi connectivity index (χ3n) is 5.99. The fourth-order valence-electron chi connectivity index (χ4n) is 4.04. The van der Waals surface area contributed by atoms with Crippen LogP contribution >= 0.6 is 0 Å². The van der Waals surface area contributed by atoms with Crippen LogP contribution in [0.15, 0.2) is 0 Å². The third kappa shape index (κ3) is 17.1. The molecule has 5 nitrogen and oxygen atoms in total. The van der Waals surface area contributed by atoms with E-state index in [9.17, 15) is 9.90 Å². The summed E-state index contributed by atoms with van der Waals surface area (Å²) in [6, 6.07) is 0. The molecule has 1 rings (SSSR count). The van der Waals surface area contributed by atoms with Crippen LogP contribution in [-0.2, 0) is 14.3 Å². The van der Waals surface area contributed by atoms with E-state index in [0.29, 0.717) is 26.2 Å². The molecule has 0 saturated carbocycles. The molecule has 1 fully saturated rings. The Morgan fingerprint density at radius 3 is 1.80 bits per heavy atom. The van der Waals surface area contributed by atoms with E-state index in [1.807, 2.05) is 0 Å². The van der Waals surface area contributed by atoms with Gasteiger partial charge in [0.25, 0.3) is 0 Å². The van der Waals surface area contributed by atoms with E-state index in [2.05, 4.69) is 11.8 Å². The van der Waals surface area contributed by atoms with Gasteiger partial charge in [0.15, 0.2) is 0 Å². The van der Waals surface area contributed by atoms with Crippen molar-refractivity contribution in [2.45, 2.75) is 116 Å². The lowest BCUT2D eigenvalue weighted by atomic mass is 10.0. The Morgan fingerprint density at radius 1 is 0.833 bits per heavy atom. The number of nitrogens with zero attached hydrogens (tertiary/aromatic N) is 1. The number of hydrogen-bond donors (Lipinski definition) is 1. The van der Waals surface area contributed by atoms with Crippen molar-refractivity contribution in [3.05, 3.63) is 0 Å². The zero-order chi connectivity index (χ0) is 21.7. The second-order valence-electron chi connectivity index (χ2n) is 8.95. The van der Waals surface area contributed by atoms with E-state index in [1.54, 1.807) is 0 Å². The zero-order valence-electron chi connectivity index (χ0n) is 19.8. The molecule has 1 unspecified atom stereocenters. The number of hydrogen-bond acceptors (Lipinski definition) is 5. The molecule has 5 heteroatoms. The number of aliphatic hydroxyl groups is 1. The van der Waals surface area contributed by atoms with Crippen LogP contribution < -0.4 is 0 Å². The minimum Gasteiger partial charge on any atom is -0.463 e. The van der Waals surface area contributed by atoms with Crippen LogP contribution in [0.1, 0.15) is 110 Å². The quantitative estimate of drug-likeness (QED) is 0.206. The van der Waals surface area contributed by atoms with Gasteiger partial charge in [0.05, 0.1) is 13.2 Å². The second kappa shape index (κ2) is 20.3. The maximum Gasteiger partial charge on any atom is 0.305 e. The Kier molecular flexibility index (Phi) is 18.5. The van der Waals surface area contributed by atoms with E-state index in [-0.39, 0.29) is 12.6 Å². The Balaban J connectivity index is 1.78. The normalized spacial score (nSPS) is 15.9. The zero-order valence-corrected chi connectivity index (χ0v) is 19.8. The molecule has 1 N–H and O–H groups in total. The predicted molar refractivity (Wildman–Crippen MR) is 124 cm³/mol. The first-order valence-electron chi connectivity index (χ1n) is 12.9. The van der Waals surface area contributed by atoms with Gasteiger partial charge in [-0.25, -0.2) is 0 Å². The van der Waals surface area contributed by atoms with Crippen LogP contribution in [0, 0.1) is 0 Å². The molecular weight excluding hydrogens is 378 g/mol. The van der Waals surface area contributed by atoms with Gasteiger partial charge in [0.1, 0.15) is 12.7 Å². The fraction of sp³-hybridized carbons (Fsp3) is 0.960. The van der Waals surface area contributed by atoms with Gasteiger partial charge in [-0.1, -0.05) is 96.8 Å². The number of rotatable bonds is 20. The molecule has 30 heavy (non-hydrogen) atoms. The van der Waals surface area contributed by atoms with E-state index in [4.69, 9.17) is 9.47 Å². The van der Waals surface area contributed by atoms with E-state index in [1.165, 1.54) is 83.5 Å². The van der Waals surface area contributed by atoms with Crippen molar-refractivity contribution >= 4 is 5.97 Å². The number of morpholine rings is 1. The number of carbonyl (C=O) groups is 1. The SMILES string of the molecule is CCCCCCCCCCCCCCCCCC(=O)OCC(O)CN1CCOCC1. The summed E-state index contributed by atoms with van der Waals surface area (Å²) in [5.74, 6) is -0.175. The summed E-state index contributed by atoms with van der Waals surface area (Å²) < 4.78 is 10.5. The standard InChI is InChI=1S/C25H49NO4/c1-2-3-4-5-6-7-8-9-10-11-12-13-14-15-16-17-25(28)30-23-24(27)22-26-18-20-29-21-19-26/h24,27H,2-23H2,1H3. The summed E-state index contributed by atoms with van der Waals surface area (Å²) in [5.41, 5.74) is 0. The Bertz CT molecular complexity index is 385. The monoisotopic (exact) mass is 427 g/mol. The molecule has 1 aliphatic heterocycles. The number of carbonyl (C=O) groups excluding carboxylic acids is 1. The van der Waals surface area contributed by atoms with E-state index >= 15 is 0 Å². The minimum atomic E-state index is -0.604. The van der Waals surface area contributed by atoms with Crippen LogP contribution in [0.25, 0.3) is 0 Å². The van der Waals surface area contributed by atoms with Crippen molar-refractivity contribution in [3.8, 4) is 0 Å². The fourth-order valence-corrected chi connectivity index (χ4v) is 4.04. The van der Waals surface area contributed by atoms with Gasteiger partial charge in [-0.15, -0.1) is 0 Å². The van der Waals surface area contributed by atoms with Gasteiger partial charge in [-0.2, -0.15) is 0 Å². The molecular formula is C25H49NO4. The summed E-state index contributed by atoms with van der Waals surface area (Å²) in [6.07, 6.45) is 19.7. The Hall–Kier alpha value is -0.650. The average molecular weight is 428 g/mol. The molecule has 0 amide bonds. The van der Waals surface area contributed by atoms with Crippen LogP contribution in [0.2, 0.25) is 0 Å². The molecule has 178 valence electrons. The highest BCUT2D eigenvalue weighted by atomic mass is 16.5. The maximum atomic E-state index is 11.8. The van der Waals surface area contributed by atoms with Crippen LogP contribution in [0.5, 0.6) is 0 Å². The molecule has 0 spiro atoms. The number of ether oxygens (including phenoxy) is 2. The smallest absolute Gasteiger partial charge is 0.305 e. The maximum absolute atomic E-state index is 11.8. The van der Waals surface area contributed by atoms with Crippen molar-refractivity contribution in [1.29, 1.82) is 0 Å². The summed E-state index contributed by atoms with van der Waals surface area (Å²) in [6.45, 7) is 6.03. The van der Waals surface area contributed by atoms with Crippen LogP contribution in [-0.4, -0.2) is 61.5 Å². The Labute approximate surface area is 185 Å². The number of aliphatic hydroxyl groups excluding tert-OH is 1. The summed E-state index contributed by atoms with van der Waals surface area (Å²) in [4.78, 5) is 14.0. The summed E-state index contributed by atoms with van der Waals surface area (Å²) in [5, 5.41) is 9.99. The van der Waals surface area contributed by atoms with Crippen LogP contribution in [0.4, 0.5) is 0 Å². The highest BCUT2D eigenvalue weighted by Gasteiger charge is 2.16. The molecule has 0 aromatic heterocycles. The second-order valence-corrected chi connectivity index (χ2v) is 8.95. The van der Waals surface area contributed by atoms with Gasteiger partial charge in [-0.05, 0) is 6.42 Å². The molecule has 1 saturated heterocycles. The molecule has 0 aliphatic carbocycles. The summed E-state index contributed by atoms with van der Waals surface area (Å²) in [7, 11) is 0.